The molecule has 1 heterocycles. The predicted molar refractivity (Wildman–Crippen MR) is 137 cm³/mol. The number of nitrogens with zero attached hydrogens (tertiary/aromatic N) is 2. The summed E-state index contributed by atoms with van der Waals surface area (Å²) in [6, 6.07) is 7.60. The minimum atomic E-state index is -0.955. The monoisotopic (exact) mass is 501 g/mol. The maximum absolute atomic E-state index is 13.3. The molecule has 2 fully saturated rings. The fourth-order valence-corrected chi connectivity index (χ4v) is 5.32. The Labute approximate surface area is 210 Å². The summed E-state index contributed by atoms with van der Waals surface area (Å²) in [6.07, 6.45) is 3.39. The Bertz CT molecular complexity index is 952. The first kappa shape index (κ1) is 26.7. The SMILES string of the molecule is CC(C)C[C@H](NC(=O)[C@@H]1CCCC[C@@H]1NC(=O)c1ccccc1)C(=O)C(=O)NN=C1SCCN1C. The molecule has 35 heavy (non-hydrogen) atoms. The van der Waals surface area contributed by atoms with Gasteiger partial charge in [-0.3, -0.25) is 19.2 Å². The number of hydrogen-bond donors (Lipinski definition) is 3. The first-order valence-electron chi connectivity index (χ1n) is 12.2. The third kappa shape index (κ3) is 7.55. The number of carbonyl (C=O) groups excluding carboxylic acids is 4. The smallest absolute Gasteiger partial charge is 0.309 e. The molecule has 2 aliphatic rings. The number of thioether (sulfide) groups is 1. The van der Waals surface area contributed by atoms with Gasteiger partial charge >= 0.3 is 5.91 Å². The van der Waals surface area contributed by atoms with E-state index in [2.05, 4.69) is 21.2 Å². The van der Waals surface area contributed by atoms with Crippen LogP contribution in [0.1, 0.15) is 56.3 Å². The van der Waals surface area contributed by atoms with Crippen LogP contribution < -0.4 is 16.1 Å². The Morgan fingerprint density at radius 1 is 1.11 bits per heavy atom. The van der Waals surface area contributed by atoms with Crippen LogP contribution in [0.5, 0.6) is 0 Å². The molecule has 3 atom stereocenters. The highest BCUT2D eigenvalue weighted by molar-refractivity contribution is 8.14. The van der Waals surface area contributed by atoms with Crippen molar-refractivity contribution in [1.29, 1.82) is 0 Å². The van der Waals surface area contributed by atoms with E-state index in [0.717, 1.165) is 25.1 Å². The molecule has 1 saturated heterocycles. The molecule has 10 heteroatoms. The van der Waals surface area contributed by atoms with E-state index >= 15 is 0 Å². The van der Waals surface area contributed by atoms with Gasteiger partial charge in [0.05, 0.1) is 12.0 Å². The largest absolute Gasteiger partial charge is 0.352 e. The number of amides is 3. The molecule has 0 unspecified atom stereocenters. The molecule has 0 aromatic heterocycles. The number of hydrazone groups is 1. The molecule has 3 amide bonds. The normalized spacial score (nSPS) is 22.1. The van der Waals surface area contributed by atoms with Crippen LogP contribution in [-0.2, 0) is 14.4 Å². The molecule has 9 nitrogen and oxygen atoms in total. The van der Waals surface area contributed by atoms with Gasteiger partial charge in [0.2, 0.25) is 11.7 Å². The quantitative estimate of drug-likeness (QED) is 0.352. The lowest BCUT2D eigenvalue weighted by Gasteiger charge is -2.32. The molecular weight excluding hydrogens is 466 g/mol. The highest BCUT2D eigenvalue weighted by Crippen LogP contribution is 2.25. The summed E-state index contributed by atoms with van der Waals surface area (Å²) in [5, 5.41) is 10.5. The molecule has 1 aromatic rings. The first-order valence-corrected chi connectivity index (χ1v) is 13.2. The van der Waals surface area contributed by atoms with E-state index in [4.69, 9.17) is 0 Å². The number of benzene rings is 1. The van der Waals surface area contributed by atoms with Crippen LogP contribution >= 0.6 is 11.8 Å². The lowest BCUT2D eigenvalue weighted by atomic mass is 9.83. The summed E-state index contributed by atoms with van der Waals surface area (Å²) in [5.74, 6) is -1.62. The third-order valence-electron chi connectivity index (χ3n) is 6.26. The maximum atomic E-state index is 13.3. The average molecular weight is 502 g/mol. The van der Waals surface area contributed by atoms with E-state index in [0.29, 0.717) is 30.0 Å². The Kier molecular flexibility index (Phi) is 9.71. The summed E-state index contributed by atoms with van der Waals surface area (Å²) in [6.45, 7) is 4.68. The number of amidine groups is 1. The molecule has 3 N–H and O–H groups in total. The van der Waals surface area contributed by atoms with Crippen molar-refractivity contribution >= 4 is 40.4 Å². The second-order valence-electron chi connectivity index (χ2n) is 9.50. The van der Waals surface area contributed by atoms with Gasteiger partial charge in [-0.05, 0) is 37.3 Å². The van der Waals surface area contributed by atoms with Crippen molar-refractivity contribution in [1.82, 2.24) is 21.0 Å². The van der Waals surface area contributed by atoms with Crippen LogP contribution in [0, 0.1) is 11.8 Å². The number of Topliss-reactive ketones (excluding diaryl/α,β-unsaturated/α-hetero) is 1. The van der Waals surface area contributed by atoms with E-state index in [1.54, 1.807) is 24.3 Å². The fourth-order valence-electron chi connectivity index (χ4n) is 4.35. The van der Waals surface area contributed by atoms with Gasteiger partial charge in [0, 0.05) is 31.0 Å². The highest BCUT2D eigenvalue weighted by atomic mass is 32.2. The Hall–Kier alpha value is -2.88. The number of hydrogen-bond acceptors (Lipinski definition) is 6. The van der Waals surface area contributed by atoms with Crippen LogP contribution in [0.4, 0.5) is 0 Å². The van der Waals surface area contributed by atoms with Crippen molar-refractivity contribution < 1.29 is 19.2 Å². The Morgan fingerprint density at radius 2 is 1.83 bits per heavy atom. The van der Waals surface area contributed by atoms with E-state index < -0.39 is 23.7 Å². The summed E-state index contributed by atoms with van der Waals surface area (Å²) in [5.41, 5.74) is 2.88. The van der Waals surface area contributed by atoms with Crippen LogP contribution in [-0.4, -0.2) is 65.0 Å². The second kappa shape index (κ2) is 12.7. The highest BCUT2D eigenvalue weighted by Gasteiger charge is 2.35. The number of ketones is 1. The van der Waals surface area contributed by atoms with Crippen LogP contribution in [0.3, 0.4) is 0 Å². The van der Waals surface area contributed by atoms with Gasteiger partial charge in [-0.15, -0.1) is 5.10 Å². The van der Waals surface area contributed by atoms with Crippen LogP contribution in [0.2, 0.25) is 0 Å². The average Bonchev–Trinajstić information content (AvgIpc) is 3.26. The van der Waals surface area contributed by atoms with Gasteiger partial charge in [-0.2, -0.15) is 0 Å². The second-order valence-corrected chi connectivity index (χ2v) is 10.6. The lowest BCUT2D eigenvalue weighted by Crippen LogP contribution is -2.53. The maximum Gasteiger partial charge on any atom is 0.309 e. The van der Waals surface area contributed by atoms with Crippen molar-refractivity contribution in [3.05, 3.63) is 35.9 Å². The van der Waals surface area contributed by atoms with E-state index in [-0.39, 0.29) is 23.8 Å². The summed E-state index contributed by atoms with van der Waals surface area (Å²) in [7, 11) is 1.87. The van der Waals surface area contributed by atoms with E-state index in [9.17, 15) is 19.2 Å². The number of rotatable bonds is 9. The first-order chi connectivity index (χ1) is 16.8. The summed E-state index contributed by atoms with van der Waals surface area (Å²) < 4.78 is 0. The molecule has 1 aromatic carbocycles. The lowest BCUT2D eigenvalue weighted by molar-refractivity contribution is -0.141. The van der Waals surface area contributed by atoms with Gasteiger partial charge in [0.15, 0.2) is 5.17 Å². The predicted octanol–water partition coefficient (Wildman–Crippen LogP) is 2.14. The van der Waals surface area contributed by atoms with Crippen molar-refractivity contribution in [2.75, 3.05) is 19.3 Å². The molecule has 0 spiro atoms. The zero-order valence-corrected chi connectivity index (χ0v) is 21.4. The van der Waals surface area contributed by atoms with Crippen LogP contribution in [0.25, 0.3) is 0 Å². The molecule has 1 saturated carbocycles. The minimum absolute atomic E-state index is 0.0832. The van der Waals surface area contributed by atoms with Crippen LogP contribution in [0.15, 0.2) is 35.4 Å². The van der Waals surface area contributed by atoms with Crippen molar-refractivity contribution in [3.63, 3.8) is 0 Å². The third-order valence-corrected chi connectivity index (χ3v) is 7.30. The zero-order chi connectivity index (χ0) is 25.4. The Morgan fingerprint density at radius 3 is 2.49 bits per heavy atom. The number of carbonyl (C=O) groups is 4. The molecule has 0 radical (unpaired) electrons. The minimum Gasteiger partial charge on any atom is -0.352 e. The van der Waals surface area contributed by atoms with Gasteiger partial charge in [-0.25, -0.2) is 5.43 Å². The molecular formula is C25H35N5O4S. The number of nitrogens with one attached hydrogen (secondary N) is 3. The van der Waals surface area contributed by atoms with Gasteiger partial charge in [-0.1, -0.05) is 56.7 Å². The van der Waals surface area contributed by atoms with Gasteiger partial charge < -0.3 is 15.5 Å². The van der Waals surface area contributed by atoms with E-state index in [1.807, 2.05) is 31.9 Å². The molecule has 1 aliphatic carbocycles. The van der Waals surface area contributed by atoms with Crippen molar-refractivity contribution in [3.8, 4) is 0 Å². The fraction of sp³-hybridized carbons (Fsp3) is 0.560. The topological polar surface area (TPSA) is 120 Å². The summed E-state index contributed by atoms with van der Waals surface area (Å²) >= 11 is 1.50. The molecule has 0 bridgehead atoms. The van der Waals surface area contributed by atoms with Gasteiger partial charge in [0.25, 0.3) is 5.91 Å². The molecule has 3 rings (SSSR count). The summed E-state index contributed by atoms with van der Waals surface area (Å²) in [4.78, 5) is 53.3. The van der Waals surface area contributed by atoms with E-state index in [1.165, 1.54) is 11.8 Å². The standard InChI is InChI=1S/C25H35N5O4S/c1-16(2)15-20(21(31)24(34)28-29-25-30(3)13-14-35-25)27-23(33)18-11-7-8-12-19(18)26-22(32)17-9-5-4-6-10-17/h4-6,9-10,16,18-20H,7-8,11-15H2,1-3H3,(H,26,32)(H,27,33)(H,28,34)/t18-,19+,20+/m1/s1. The molecule has 1 aliphatic heterocycles. The Balaban J connectivity index is 1.65. The molecule has 190 valence electrons. The van der Waals surface area contributed by atoms with Crippen molar-refractivity contribution in [2.45, 2.75) is 58.0 Å². The van der Waals surface area contributed by atoms with Crippen molar-refractivity contribution in [2.24, 2.45) is 16.9 Å². The van der Waals surface area contributed by atoms with Gasteiger partial charge in [0.1, 0.15) is 0 Å². The zero-order valence-electron chi connectivity index (χ0n) is 20.6.